The fraction of sp³-hybridized carbons (Fsp3) is 0.0556. The third-order valence-corrected chi connectivity index (χ3v) is 4.31. The van der Waals surface area contributed by atoms with Gasteiger partial charge in [-0.3, -0.25) is 4.79 Å². The van der Waals surface area contributed by atoms with Crippen molar-refractivity contribution in [2.45, 2.75) is 6.92 Å². The predicted molar refractivity (Wildman–Crippen MR) is 94.7 cm³/mol. The van der Waals surface area contributed by atoms with Gasteiger partial charge in [-0.15, -0.1) is 0 Å². The van der Waals surface area contributed by atoms with E-state index in [1.54, 1.807) is 36.5 Å². The molecule has 126 valence electrons. The Balaban J connectivity index is 1.87. The number of ether oxygens (including phenoxy) is 1. The lowest BCUT2D eigenvalue weighted by molar-refractivity contribution is 0.0702. The molecule has 2 aromatic heterocycles. The van der Waals surface area contributed by atoms with Crippen LogP contribution in [0, 0.1) is 6.92 Å². The summed E-state index contributed by atoms with van der Waals surface area (Å²) in [4.78, 5) is 27.7. The third kappa shape index (κ3) is 4.02. The summed E-state index contributed by atoms with van der Waals surface area (Å²) in [5.41, 5.74) is 1.80. The van der Waals surface area contributed by atoms with Crippen molar-refractivity contribution in [3.8, 4) is 10.9 Å². The number of carbonyl (C=O) groups is 2. The molecule has 3 rings (SSSR count). The molecule has 7 heteroatoms. The highest BCUT2D eigenvalue weighted by Gasteiger charge is 2.18. The van der Waals surface area contributed by atoms with E-state index in [-0.39, 0.29) is 15.8 Å². The van der Waals surface area contributed by atoms with Crippen molar-refractivity contribution < 1.29 is 19.4 Å². The van der Waals surface area contributed by atoms with Crippen LogP contribution in [0.3, 0.4) is 0 Å². The first-order chi connectivity index (χ1) is 12.0. The van der Waals surface area contributed by atoms with E-state index >= 15 is 0 Å². The second-order valence-electron chi connectivity index (χ2n) is 5.21. The molecule has 2 heterocycles. The van der Waals surface area contributed by atoms with Crippen LogP contribution in [0.4, 0.5) is 5.69 Å². The Morgan fingerprint density at radius 2 is 1.92 bits per heavy atom. The van der Waals surface area contributed by atoms with Crippen molar-refractivity contribution in [1.29, 1.82) is 0 Å². The summed E-state index contributed by atoms with van der Waals surface area (Å²) in [6.07, 6.45) is 1.56. The first-order valence-electron chi connectivity index (χ1n) is 7.37. The molecule has 6 nitrogen and oxygen atoms in total. The monoisotopic (exact) mass is 354 g/mol. The molecule has 0 fully saturated rings. The molecule has 0 aliphatic carbocycles. The van der Waals surface area contributed by atoms with E-state index in [4.69, 9.17) is 4.74 Å². The highest BCUT2D eigenvalue weighted by atomic mass is 32.1. The van der Waals surface area contributed by atoms with Crippen molar-refractivity contribution in [3.63, 3.8) is 0 Å². The van der Waals surface area contributed by atoms with Crippen LogP contribution in [0.1, 0.15) is 25.6 Å². The van der Waals surface area contributed by atoms with Crippen LogP contribution >= 0.6 is 11.3 Å². The van der Waals surface area contributed by atoms with Gasteiger partial charge in [0.2, 0.25) is 10.9 Å². The molecule has 0 saturated carbocycles. The first-order valence-corrected chi connectivity index (χ1v) is 8.18. The number of pyridine rings is 1. The Labute approximate surface area is 147 Å². The number of aromatic nitrogens is 1. The van der Waals surface area contributed by atoms with Gasteiger partial charge in [0.05, 0.1) is 5.69 Å². The van der Waals surface area contributed by atoms with Crippen molar-refractivity contribution in [2.24, 2.45) is 0 Å². The lowest BCUT2D eigenvalue weighted by Gasteiger charge is -2.07. The summed E-state index contributed by atoms with van der Waals surface area (Å²) in [6.45, 7) is 1.93. The van der Waals surface area contributed by atoms with Gasteiger partial charge < -0.3 is 15.2 Å². The average molecular weight is 354 g/mol. The fourth-order valence-electron chi connectivity index (χ4n) is 2.04. The van der Waals surface area contributed by atoms with E-state index in [2.05, 4.69) is 10.3 Å². The molecule has 25 heavy (non-hydrogen) atoms. The molecule has 0 spiro atoms. The maximum Gasteiger partial charge on any atom is 0.346 e. The Kier molecular flexibility index (Phi) is 4.76. The number of benzene rings is 1. The number of nitrogens with one attached hydrogen (secondary N) is 1. The third-order valence-electron chi connectivity index (χ3n) is 3.31. The SMILES string of the molecule is Cc1ccc(C(=O)Nc2cc(C(=O)O)sc2Oc2ccccn2)cc1. The number of aryl methyl sites for hydroxylation is 1. The van der Waals surface area contributed by atoms with E-state index in [9.17, 15) is 14.7 Å². The van der Waals surface area contributed by atoms with Gasteiger partial charge in [0, 0.05) is 17.8 Å². The van der Waals surface area contributed by atoms with E-state index in [1.807, 2.05) is 19.1 Å². The summed E-state index contributed by atoms with van der Waals surface area (Å²) in [5, 5.41) is 12.2. The zero-order valence-corrected chi connectivity index (χ0v) is 14.0. The molecule has 3 aromatic rings. The number of carboxylic acids is 1. The Morgan fingerprint density at radius 3 is 2.56 bits per heavy atom. The van der Waals surface area contributed by atoms with Crippen LogP contribution in [-0.2, 0) is 0 Å². The summed E-state index contributed by atoms with van der Waals surface area (Å²) >= 11 is 0.926. The molecular weight excluding hydrogens is 340 g/mol. The van der Waals surface area contributed by atoms with E-state index in [1.165, 1.54) is 6.07 Å². The fourth-order valence-corrected chi connectivity index (χ4v) is 2.86. The average Bonchev–Trinajstić information content (AvgIpc) is 2.99. The van der Waals surface area contributed by atoms with Gasteiger partial charge in [-0.25, -0.2) is 9.78 Å². The van der Waals surface area contributed by atoms with Crippen molar-refractivity contribution in [2.75, 3.05) is 5.32 Å². The minimum absolute atomic E-state index is 0.0603. The zero-order chi connectivity index (χ0) is 17.8. The minimum Gasteiger partial charge on any atom is -0.477 e. The van der Waals surface area contributed by atoms with E-state index in [0.29, 0.717) is 17.1 Å². The molecule has 0 bridgehead atoms. The largest absolute Gasteiger partial charge is 0.477 e. The van der Waals surface area contributed by atoms with Crippen molar-refractivity contribution in [3.05, 3.63) is 70.7 Å². The van der Waals surface area contributed by atoms with Gasteiger partial charge >= 0.3 is 5.97 Å². The Morgan fingerprint density at radius 1 is 1.16 bits per heavy atom. The molecule has 0 aliphatic heterocycles. The van der Waals surface area contributed by atoms with Gasteiger partial charge in [0.25, 0.3) is 5.91 Å². The lowest BCUT2D eigenvalue weighted by Crippen LogP contribution is -2.11. The Hall–Kier alpha value is -3.19. The highest BCUT2D eigenvalue weighted by Crippen LogP contribution is 2.38. The molecule has 0 atom stereocenters. The second-order valence-corrected chi connectivity index (χ2v) is 6.22. The van der Waals surface area contributed by atoms with Crippen LogP contribution in [-0.4, -0.2) is 22.0 Å². The zero-order valence-electron chi connectivity index (χ0n) is 13.2. The van der Waals surface area contributed by atoms with Gasteiger partial charge in [-0.05, 0) is 31.2 Å². The minimum atomic E-state index is -1.09. The number of rotatable bonds is 5. The first kappa shape index (κ1) is 16.7. The van der Waals surface area contributed by atoms with Crippen LogP contribution in [0.2, 0.25) is 0 Å². The number of carboxylic acid groups (broad SMARTS) is 1. The number of anilines is 1. The van der Waals surface area contributed by atoms with Gasteiger partial charge in [0.15, 0.2) is 0 Å². The maximum absolute atomic E-state index is 12.4. The standard InChI is InChI=1S/C18H14N2O4S/c1-11-5-7-12(8-6-11)16(21)20-13-10-14(17(22)23)25-18(13)24-15-4-2-3-9-19-15/h2-10H,1H3,(H,20,21)(H,22,23). The molecule has 0 saturated heterocycles. The van der Waals surface area contributed by atoms with Crippen LogP contribution in [0.5, 0.6) is 10.9 Å². The van der Waals surface area contributed by atoms with Gasteiger partial charge in [-0.1, -0.05) is 35.1 Å². The van der Waals surface area contributed by atoms with Crippen molar-refractivity contribution >= 4 is 28.9 Å². The molecule has 1 aromatic carbocycles. The molecule has 0 aliphatic rings. The number of nitrogens with zero attached hydrogens (tertiary/aromatic N) is 1. The number of aromatic carboxylic acids is 1. The molecule has 2 N–H and O–H groups in total. The smallest absolute Gasteiger partial charge is 0.346 e. The topological polar surface area (TPSA) is 88.5 Å². The molecule has 1 amide bonds. The van der Waals surface area contributed by atoms with E-state index < -0.39 is 5.97 Å². The van der Waals surface area contributed by atoms with Gasteiger partial charge in [-0.2, -0.15) is 0 Å². The number of hydrogen-bond donors (Lipinski definition) is 2. The Bertz CT molecular complexity index is 905. The maximum atomic E-state index is 12.4. The van der Waals surface area contributed by atoms with Crippen LogP contribution in [0.15, 0.2) is 54.7 Å². The van der Waals surface area contributed by atoms with Gasteiger partial charge in [0.1, 0.15) is 4.88 Å². The number of amides is 1. The normalized spacial score (nSPS) is 10.3. The summed E-state index contributed by atoms with van der Waals surface area (Å²) in [5.74, 6) is -1.13. The second kappa shape index (κ2) is 7.14. The number of carbonyl (C=O) groups excluding carboxylic acids is 1. The number of hydrogen-bond acceptors (Lipinski definition) is 5. The van der Waals surface area contributed by atoms with Crippen molar-refractivity contribution in [1.82, 2.24) is 4.98 Å². The molecular formula is C18H14N2O4S. The lowest BCUT2D eigenvalue weighted by atomic mass is 10.1. The van der Waals surface area contributed by atoms with Crippen LogP contribution < -0.4 is 10.1 Å². The summed E-state index contributed by atoms with van der Waals surface area (Å²) in [7, 11) is 0. The number of thiophene rings is 1. The van der Waals surface area contributed by atoms with E-state index in [0.717, 1.165) is 16.9 Å². The quantitative estimate of drug-likeness (QED) is 0.717. The van der Waals surface area contributed by atoms with Crippen LogP contribution in [0.25, 0.3) is 0 Å². The molecule has 0 radical (unpaired) electrons. The molecule has 0 unspecified atom stereocenters. The summed E-state index contributed by atoms with van der Waals surface area (Å²) in [6, 6.07) is 13.6. The highest BCUT2D eigenvalue weighted by molar-refractivity contribution is 7.16. The summed E-state index contributed by atoms with van der Waals surface area (Å²) < 4.78 is 5.63. The predicted octanol–water partition coefficient (Wildman–Crippen LogP) is 4.19.